The Balaban J connectivity index is 1.24. The van der Waals surface area contributed by atoms with E-state index in [0.29, 0.717) is 13.0 Å². The summed E-state index contributed by atoms with van der Waals surface area (Å²) in [6.07, 6.45) is 6.34. The van der Waals surface area contributed by atoms with Gasteiger partial charge in [0.1, 0.15) is 6.04 Å². The molecule has 7 heteroatoms. The Morgan fingerprint density at radius 2 is 1.89 bits per heavy atom. The van der Waals surface area contributed by atoms with Gasteiger partial charge in [0.15, 0.2) is 0 Å². The molecule has 0 spiro atoms. The van der Waals surface area contributed by atoms with Gasteiger partial charge in [-0.1, -0.05) is 30.3 Å². The highest BCUT2D eigenvalue weighted by molar-refractivity contribution is 7.12. The standard InChI is InChI=1S/C29H26N4O2S/c1-30-28(34)26-16-23-21(15-20-4-2-3-5-22(20)23)17-33(26)29(35)27-19(10-13-36-27)8-6-18-7-9-24-25(14-18)32-12-11-31-24/h2-5,7,9-14,26H,6,8,15-17H2,1H3,(H,30,34)/t26-/m1/s1. The van der Waals surface area contributed by atoms with Crippen LogP contribution in [0.15, 0.2) is 71.9 Å². The highest BCUT2D eigenvalue weighted by Gasteiger charge is 2.39. The lowest BCUT2D eigenvalue weighted by Gasteiger charge is -2.35. The molecule has 1 aliphatic heterocycles. The van der Waals surface area contributed by atoms with E-state index in [2.05, 4.69) is 45.6 Å². The molecular weight excluding hydrogens is 468 g/mol. The number of likely N-dealkylation sites (N-methyl/N-ethyl adjacent to an activating group) is 1. The molecule has 0 unspecified atom stereocenters. The van der Waals surface area contributed by atoms with Crippen molar-refractivity contribution >= 4 is 39.8 Å². The van der Waals surface area contributed by atoms with Crippen LogP contribution in [0.4, 0.5) is 0 Å². The van der Waals surface area contributed by atoms with E-state index in [1.165, 1.54) is 33.6 Å². The molecule has 6 nitrogen and oxygen atoms in total. The zero-order valence-electron chi connectivity index (χ0n) is 20.0. The second-order valence-corrected chi connectivity index (χ2v) is 10.3. The number of carbonyl (C=O) groups is 2. The number of benzene rings is 2. The predicted molar refractivity (Wildman–Crippen MR) is 142 cm³/mol. The van der Waals surface area contributed by atoms with Crippen molar-refractivity contribution < 1.29 is 9.59 Å². The lowest BCUT2D eigenvalue weighted by molar-refractivity contribution is -0.125. The maximum atomic E-state index is 13.9. The molecule has 1 N–H and O–H groups in total. The number of amides is 2. The van der Waals surface area contributed by atoms with Crippen LogP contribution < -0.4 is 5.32 Å². The molecule has 2 amide bonds. The van der Waals surface area contributed by atoms with E-state index in [-0.39, 0.29) is 11.8 Å². The average Bonchev–Trinajstić information content (AvgIpc) is 3.54. The fraction of sp³-hybridized carbons (Fsp3) is 0.241. The van der Waals surface area contributed by atoms with Gasteiger partial charge in [0.2, 0.25) is 5.91 Å². The molecule has 2 aromatic carbocycles. The minimum absolute atomic E-state index is 0.0551. The van der Waals surface area contributed by atoms with Gasteiger partial charge in [-0.15, -0.1) is 11.3 Å². The Kier molecular flexibility index (Phi) is 5.85. The number of nitrogens with zero attached hydrogens (tertiary/aromatic N) is 3. The Labute approximate surface area is 213 Å². The van der Waals surface area contributed by atoms with Crippen LogP contribution in [0.3, 0.4) is 0 Å². The number of rotatable bonds is 5. The number of hydrogen-bond acceptors (Lipinski definition) is 5. The molecule has 1 atom stereocenters. The lowest BCUT2D eigenvalue weighted by Crippen LogP contribution is -2.51. The van der Waals surface area contributed by atoms with E-state index in [1.807, 2.05) is 23.6 Å². The van der Waals surface area contributed by atoms with Crippen LogP contribution in [0.1, 0.15) is 38.3 Å². The number of aryl methyl sites for hydroxylation is 2. The van der Waals surface area contributed by atoms with Gasteiger partial charge in [0.05, 0.1) is 15.9 Å². The lowest BCUT2D eigenvalue weighted by atomic mass is 9.92. The molecule has 2 aromatic heterocycles. The predicted octanol–water partition coefficient (Wildman–Crippen LogP) is 4.45. The van der Waals surface area contributed by atoms with E-state index in [0.717, 1.165) is 46.3 Å². The second-order valence-electron chi connectivity index (χ2n) is 9.34. The third-order valence-electron chi connectivity index (χ3n) is 7.28. The Hall–Kier alpha value is -3.84. The fourth-order valence-corrected chi connectivity index (χ4v) is 6.34. The van der Waals surface area contributed by atoms with Crippen molar-refractivity contribution in [3.05, 3.63) is 99.0 Å². The Morgan fingerprint density at radius 3 is 2.75 bits per heavy atom. The third-order valence-corrected chi connectivity index (χ3v) is 8.22. The first-order chi connectivity index (χ1) is 17.6. The summed E-state index contributed by atoms with van der Waals surface area (Å²) >= 11 is 1.46. The highest BCUT2D eigenvalue weighted by atomic mass is 32.1. The number of carbonyl (C=O) groups excluding carboxylic acids is 2. The molecule has 0 saturated heterocycles. The monoisotopic (exact) mass is 494 g/mol. The molecule has 6 rings (SSSR count). The molecular formula is C29H26N4O2S. The third kappa shape index (κ3) is 3.99. The maximum absolute atomic E-state index is 13.9. The smallest absolute Gasteiger partial charge is 0.265 e. The first-order valence-electron chi connectivity index (χ1n) is 12.2. The van der Waals surface area contributed by atoms with E-state index in [4.69, 9.17) is 0 Å². The number of nitrogens with one attached hydrogen (secondary N) is 1. The zero-order chi connectivity index (χ0) is 24.6. The normalized spacial score (nSPS) is 16.7. The number of hydrogen-bond donors (Lipinski definition) is 1. The van der Waals surface area contributed by atoms with Crippen molar-refractivity contribution in [2.45, 2.75) is 31.7 Å². The molecule has 36 heavy (non-hydrogen) atoms. The SMILES string of the molecule is CNC(=O)[C@H]1CC2=C(Cc3ccccc32)CN1C(=O)c1sccc1CCc1ccc2nccnc2c1. The van der Waals surface area contributed by atoms with Gasteiger partial charge < -0.3 is 10.2 Å². The first-order valence-corrected chi connectivity index (χ1v) is 13.1. The van der Waals surface area contributed by atoms with Crippen molar-refractivity contribution in [1.29, 1.82) is 0 Å². The van der Waals surface area contributed by atoms with Gasteiger partial charge in [-0.3, -0.25) is 19.6 Å². The molecule has 0 saturated carbocycles. The molecule has 1 aliphatic carbocycles. The van der Waals surface area contributed by atoms with Gasteiger partial charge in [0.25, 0.3) is 5.91 Å². The van der Waals surface area contributed by atoms with Crippen LogP contribution >= 0.6 is 11.3 Å². The van der Waals surface area contributed by atoms with E-state index in [9.17, 15) is 9.59 Å². The zero-order valence-corrected chi connectivity index (χ0v) is 20.8. The number of aromatic nitrogens is 2. The average molecular weight is 495 g/mol. The summed E-state index contributed by atoms with van der Waals surface area (Å²) in [5, 5.41) is 4.76. The van der Waals surface area contributed by atoms with Crippen molar-refractivity contribution in [2.24, 2.45) is 0 Å². The fourth-order valence-electron chi connectivity index (χ4n) is 5.43. The van der Waals surface area contributed by atoms with Crippen LogP contribution in [-0.2, 0) is 24.1 Å². The van der Waals surface area contributed by atoms with Crippen LogP contribution in [-0.4, -0.2) is 46.3 Å². The van der Waals surface area contributed by atoms with Crippen LogP contribution in [0, 0.1) is 0 Å². The maximum Gasteiger partial charge on any atom is 0.265 e. The summed E-state index contributed by atoms with van der Waals surface area (Å²) in [6.45, 7) is 0.488. The summed E-state index contributed by atoms with van der Waals surface area (Å²) in [5.74, 6) is -0.171. The topological polar surface area (TPSA) is 75.2 Å². The van der Waals surface area contributed by atoms with E-state index >= 15 is 0 Å². The van der Waals surface area contributed by atoms with Gasteiger partial charge in [0, 0.05) is 32.4 Å². The van der Waals surface area contributed by atoms with Crippen molar-refractivity contribution in [2.75, 3.05) is 13.6 Å². The first kappa shape index (κ1) is 22.6. The van der Waals surface area contributed by atoms with Gasteiger partial charge in [-0.25, -0.2) is 0 Å². The van der Waals surface area contributed by atoms with E-state index in [1.54, 1.807) is 24.3 Å². The van der Waals surface area contributed by atoms with E-state index < -0.39 is 6.04 Å². The summed E-state index contributed by atoms with van der Waals surface area (Å²) in [4.78, 5) is 38.0. The number of fused-ring (bicyclic) bond motifs is 3. The molecule has 0 bridgehead atoms. The van der Waals surface area contributed by atoms with Crippen molar-refractivity contribution in [3.63, 3.8) is 0 Å². The van der Waals surface area contributed by atoms with Crippen molar-refractivity contribution in [3.8, 4) is 0 Å². The largest absolute Gasteiger partial charge is 0.357 e. The molecule has 2 aliphatic rings. The Bertz CT molecular complexity index is 1520. The molecule has 3 heterocycles. The summed E-state index contributed by atoms with van der Waals surface area (Å²) in [7, 11) is 1.64. The summed E-state index contributed by atoms with van der Waals surface area (Å²) in [6, 6.07) is 16.0. The minimum Gasteiger partial charge on any atom is -0.357 e. The summed E-state index contributed by atoms with van der Waals surface area (Å²) in [5.41, 5.74) is 8.92. The number of thiophene rings is 1. The Morgan fingerprint density at radius 1 is 1.06 bits per heavy atom. The van der Waals surface area contributed by atoms with Gasteiger partial charge >= 0.3 is 0 Å². The highest BCUT2D eigenvalue weighted by Crippen LogP contribution is 2.40. The summed E-state index contributed by atoms with van der Waals surface area (Å²) < 4.78 is 0. The minimum atomic E-state index is -0.513. The molecule has 0 radical (unpaired) electrons. The molecule has 180 valence electrons. The van der Waals surface area contributed by atoms with Gasteiger partial charge in [-0.2, -0.15) is 0 Å². The van der Waals surface area contributed by atoms with Crippen LogP contribution in [0.25, 0.3) is 16.6 Å². The quantitative estimate of drug-likeness (QED) is 0.445. The molecule has 4 aromatic rings. The van der Waals surface area contributed by atoms with Crippen molar-refractivity contribution in [1.82, 2.24) is 20.2 Å². The van der Waals surface area contributed by atoms with Crippen LogP contribution in [0.5, 0.6) is 0 Å². The van der Waals surface area contributed by atoms with Crippen LogP contribution in [0.2, 0.25) is 0 Å². The second kappa shape index (κ2) is 9.32. The molecule has 0 fully saturated rings. The van der Waals surface area contributed by atoms with Gasteiger partial charge in [-0.05, 0) is 76.2 Å².